The Kier molecular flexibility index (Phi) is 7.26. The van der Waals surface area contributed by atoms with Crippen LogP contribution < -0.4 is 16.0 Å². The molecular weight excluding hydrogens is 404 g/mol. The number of amides is 1. The molecule has 3 aromatic rings. The molecule has 1 unspecified atom stereocenters. The van der Waals surface area contributed by atoms with E-state index in [9.17, 15) is 4.79 Å². The van der Waals surface area contributed by atoms with Crippen LogP contribution in [0.25, 0.3) is 0 Å². The van der Waals surface area contributed by atoms with Crippen molar-refractivity contribution in [2.45, 2.75) is 30.4 Å². The zero-order chi connectivity index (χ0) is 20.6. The first-order valence-corrected chi connectivity index (χ1v) is 10.5. The van der Waals surface area contributed by atoms with E-state index in [0.717, 1.165) is 16.3 Å². The summed E-state index contributed by atoms with van der Waals surface area (Å²) >= 11 is 6.87. The summed E-state index contributed by atoms with van der Waals surface area (Å²) in [6.45, 7) is 3.76. The predicted octanol–water partition coefficient (Wildman–Crippen LogP) is 5.30. The largest absolute Gasteiger partial charge is 0.360 e. The van der Waals surface area contributed by atoms with Gasteiger partial charge in [-0.2, -0.15) is 0 Å². The monoisotopic (exact) mass is 426 g/mol. The third-order valence-corrected chi connectivity index (χ3v) is 5.51. The van der Waals surface area contributed by atoms with Gasteiger partial charge in [0.2, 0.25) is 5.91 Å². The second-order valence-electron chi connectivity index (χ2n) is 6.30. The first-order chi connectivity index (χ1) is 14.0. The van der Waals surface area contributed by atoms with Gasteiger partial charge < -0.3 is 20.5 Å². The number of hydrogen-bond acceptors (Lipinski definition) is 5. The first kappa shape index (κ1) is 20.9. The lowest BCUT2D eigenvalue weighted by molar-refractivity contribution is -0.115. The summed E-state index contributed by atoms with van der Waals surface area (Å²) in [5.74, 6) is 0.976. The third kappa shape index (κ3) is 6.33. The molecule has 6 nitrogen and oxygen atoms in total. The molecule has 1 aromatic heterocycles. The van der Waals surface area contributed by atoms with E-state index in [1.54, 1.807) is 13.0 Å². The van der Waals surface area contributed by atoms with E-state index < -0.39 is 0 Å². The van der Waals surface area contributed by atoms with E-state index in [2.05, 4.69) is 21.1 Å². The summed E-state index contributed by atoms with van der Waals surface area (Å²) in [5.41, 5.74) is 1.77. The van der Waals surface area contributed by atoms with Crippen LogP contribution in [-0.4, -0.2) is 21.4 Å². The molecule has 1 heterocycles. The van der Waals surface area contributed by atoms with Crippen LogP contribution in [0.15, 0.2) is 70.1 Å². The summed E-state index contributed by atoms with van der Waals surface area (Å²) in [5, 5.41) is 13.2. The van der Waals surface area contributed by atoms with Crippen molar-refractivity contribution in [1.82, 2.24) is 5.16 Å². The predicted molar refractivity (Wildman–Crippen MR) is 123 cm³/mol. The maximum Gasteiger partial charge on any atom is 0.239 e. The Balaban J connectivity index is 1.60. The number of aromatic nitrogens is 1. The second kappa shape index (κ2) is 10.1. The van der Waals surface area contributed by atoms with Gasteiger partial charge in [-0.15, -0.1) is 11.8 Å². The van der Waals surface area contributed by atoms with Gasteiger partial charge in [-0.3, -0.25) is 4.79 Å². The van der Waals surface area contributed by atoms with Crippen molar-refractivity contribution in [3.8, 4) is 0 Å². The first-order valence-electron chi connectivity index (χ1n) is 9.17. The van der Waals surface area contributed by atoms with Crippen molar-refractivity contribution in [1.29, 1.82) is 0 Å². The molecule has 8 heteroatoms. The van der Waals surface area contributed by atoms with E-state index in [0.29, 0.717) is 23.1 Å². The molecule has 150 valence electrons. The molecule has 0 fully saturated rings. The van der Waals surface area contributed by atoms with Gasteiger partial charge in [0.15, 0.2) is 10.9 Å². The van der Waals surface area contributed by atoms with E-state index in [-0.39, 0.29) is 11.2 Å². The van der Waals surface area contributed by atoms with Crippen molar-refractivity contribution >= 4 is 52.2 Å². The number of anilines is 3. The molecule has 29 heavy (non-hydrogen) atoms. The molecule has 3 rings (SSSR count). The Morgan fingerprint density at radius 3 is 2.48 bits per heavy atom. The normalized spacial score (nSPS) is 11.5. The molecular formula is C21H22N4O2S2. The zero-order valence-electron chi connectivity index (χ0n) is 16.1. The van der Waals surface area contributed by atoms with Gasteiger partial charge in [0.05, 0.1) is 5.25 Å². The molecule has 0 aliphatic heterocycles. The molecule has 0 bridgehead atoms. The highest BCUT2D eigenvalue weighted by Crippen LogP contribution is 2.28. The van der Waals surface area contributed by atoms with Crippen LogP contribution in [0.2, 0.25) is 0 Å². The maximum absolute atomic E-state index is 12.6. The molecule has 1 atom stereocenters. The van der Waals surface area contributed by atoms with Crippen LogP contribution in [0.1, 0.15) is 19.1 Å². The van der Waals surface area contributed by atoms with Gasteiger partial charge in [-0.1, -0.05) is 36.3 Å². The van der Waals surface area contributed by atoms with Gasteiger partial charge >= 0.3 is 0 Å². The van der Waals surface area contributed by atoms with Gasteiger partial charge in [-0.25, -0.2) is 0 Å². The van der Waals surface area contributed by atoms with Crippen LogP contribution in [0.5, 0.6) is 0 Å². The molecule has 0 aliphatic rings. The minimum absolute atomic E-state index is 0.106. The van der Waals surface area contributed by atoms with Crippen LogP contribution in [-0.2, 0) is 4.79 Å². The number of carbonyl (C=O) groups is 1. The van der Waals surface area contributed by atoms with Crippen LogP contribution in [0.4, 0.5) is 17.2 Å². The Labute approximate surface area is 179 Å². The van der Waals surface area contributed by atoms with Gasteiger partial charge in [-0.05, 0) is 55.9 Å². The molecule has 0 radical (unpaired) electrons. The summed E-state index contributed by atoms with van der Waals surface area (Å²) in [6, 6.07) is 19.2. The molecule has 0 spiro atoms. The number of rotatable bonds is 7. The number of hydrogen-bond donors (Lipinski definition) is 3. The Bertz CT molecular complexity index is 976. The van der Waals surface area contributed by atoms with Gasteiger partial charge in [0.25, 0.3) is 0 Å². The standard InChI is InChI=1S/C21H22N4O2S2/c1-3-18(20(26)24-19-12-14(2)27-25-19)29-17-11-7-10-16(13-17)23-21(28)22-15-8-5-4-6-9-15/h4-13,18H,3H2,1-2H3,(H2,22,23,28)(H,24,25,26). The number of nitrogens with one attached hydrogen (secondary N) is 3. The Hall–Kier alpha value is -2.84. The number of nitrogens with zero attached hydrogens (tertiary/aromatic N) is 1. The highest BCUT2D eigenvalue weighted by molar-refractivity contribution is 8.00. The molecule has 0 saturated carbocycles. The number of para-hydroxylation sites is 1. The van der Waals surface area contributed by atoms with Crippen LogP contribution in [0, 0.1) is 6.92 Å². The van der Waals surface area contributed by atoms with Crippen molar-refractivity contribution in [2.24, 2.45) is 0 Å². The fourth-order valence-electron chi connectivity index (χ4n) is 2.58. The van der Waals surface area contributed by atoms with Crippen LogP contribution in [0.3, 0.4) is 0 Å². The Morgan fingerprint density at radius 2 is 1.79 bits per heavy atom. The molecule has 2 aromatic carbocycles. The minimum atomic E-state index is -0.253. The zero-order valence-corrected chi connectivity index (χ0v) is 17.8. The third-order valence-electron chi connectivity index (χ3n) is 3.94. The van der Waals surface area contributed by atoms with Crippen LogP contribution >= 0.6 is 24.0 Å². The van der Waals surface area contributed by atoms with Crippen molar-refractivity contribution in [2.75, 3.05) is 16.0 Å². The van der Waals surface area contributed by atoms with Crippen molar-refractivity contribution in [3.63, 3.8) is 0 Å². The minimum Gasteiger partial charge on any atom is -0.360 e. The highest BCUT2D eigenvalue weighted by atomic mass is 32.2. The van der Waals surface area contributed by atoms with Gasteiger partial charge in [0.1, 0.15) is 5.76 Å². The molecule has 0 aliphatic carbocycles. The summed E-state index contributed by atoms with van der Waals surface area (Å²) in [4.78, 5) is 13.5. The lowest BCUT2D eigenvalue weighted by atomic mass is 10.3. The summed E-state index contributed by atoms with van der Waals surface area (Å²) in [7, 11) is 0. The van der Waals surface area contributed by atoms with Crippen molar-refractivity contribution < 1.29 is 9.32 Å². The second-order valence-corrected chi connectivity index (χ2v) is 7.98. The molecule has 0 saturated heterocycles. The number of benzene rings is 2. The van der Waals surface area contributed by atoms with E-state index in [4.69, 9.17) is 16.7 Å². The number of thioether (sulfide) groups is 1. The number of thiocarbonyl (C=S) groups is 1. The lowest BCUT2D eigenvalue weighted by Gasteiger charge is -2.15. The number of aryl methyl sites for hydroxylation is 1. The highest BCUT2D eigenvalue weighted by Gasteiger charge is 2.19. The fourth-order valence-corrected chi connectivity index (χ4v) is 3.83. The SMILES string of the molecule is CCC(Sc1cccc(NC(=S)Nc2ccccc2)c1)C(=O)Nc1cc(C)on1. The maximum atomic E-state index is 12.6. The Morgan fingerprint density at radius 1 is 1.07 bits per heavy atom. The average molecular weight is 427 g/mol. The van der Waals surface area contributed by atoms with E-state index in [1.165, 1.54) is 11.8 Å². The lowest BCUT2D eigenvalue weighted by Crippen LogP contribution is -2.24. The van der Waals surface area contributed by atoms with Crippen molar-refractivity contribution in [3.05, 3.63) is 66.4 Å². The van der Waals surface area contributed by atoms with E-state index >= 15 is 0 Å². The average Bonchev–Trinajstić information content (AvgIpc) is 3.11. The molecule has 3 N–H and O–H groups in total. The van der Waals surface area contributed by atoms with E-state index in [1.807, 2.05) is 61.5 Å². The number of carbonyl (C=O) groups excluding carboxylic acids is 1. The molecule has 1 amide bonds. The smallest absolute Gasteiger partial charge is 0.239 e. The summed E-state index contributed by atoms with van der Waals surface area (Å²) in [6.07, 6.45) is 0.680. The quantitative estimate of drug-likeness (QED) is 0.349. The van der Waals surface area contributed by atoms with Gasteiger partial charge in [0, 0.05) is 22.3 Å². The topological polar surface area (TPSA) is 79.2 Å². The fraction of sp³-hybridized carbons (Fsp3) is 0.190. The summed E-state index contributed by atoms with van der Waals surface area (Å²) < 4.78 is 4.99.